The topological polar surface area (TPSA) is 72.3 Å². The van der Waals surface area contributed by atoms with Gasteiger partial charge in [-0.3, -0.25) is 9.48 Å². The van der Waals surface area contributed by atoms with E-state index in [0.29, 0.717) is 17.4 Å². The maximum absolute atomic E-state index is 12.7. The van der Waals surface area contributed by atoms with E-state index in [9.17, 15) is 4.79 Å². The van der Waals surface area contributed by atoms with Gasteiger partial charge in [0.2, 0.25) is 0 Å². The second kappa shape index (κ2) is 8.52. The van der Waals surface area contributed by atoms with Crippen molar-refractivity contribution < 1.29 is 9.53 Å². The van der Waals surface area contributed by atoms with Gasteiger partial charge in [0.05, 0.1) is 12.2 Å². The molecule has 0 saturated carbocycles. The zero-order valence-electron chi connectivity index (χ0n) is 15.6. The molecule has 4 rings (SSSR count). The molecule has 27 heavy (non-hydrogen) atoms. The number of anilines is 1. The van der Waals surface area contributed by atoms with Crippen LogP contribution in [-0.4, -0.2) is 58.4 Å². The van der Waals surface area contributed by atoms with Gasteiger partial charge in [0.15, 0.2) is 0 Å². The normalized spacial score (nSPS) is 20.7. The summed E-state index contributed by atoms with van der Waals surface area (Å²) in [6, 6.07) is 5.72. The number of likely N-dealkylation sites (tertiary alicyclic amines) is 1. The SMILES string of the molecule is O=C(c1ccc(NC[C@H]2CCOC2)nc1)N1CCC(Cn2cccn2)CC1. The van der Waals surface area contributed by atoms with E-state index in [0.717, 1.165) is 64.5 Å². The van der Waals surface area contributed by atoms with Gasteiger partial charge >= 0.3 is 0 Å². The lowest BCUT2D eigenvalue weighted by molar-refractivity contribution is 0.0681. The van der Waals surface area contributed by atoms with Gasteiger partial charge in [-0.1, -0.05) is 0 Å². The highest BCUT2D eigenvalue weighted by molar-refractivity contribution is 5.94. The molecule has 144 valence electrons. The van der Waals surface area contributed by atoms with Crippen molar-refractivity contribution in [1.82, 2.24) is 19.7 Å². The van der Waals surface area contributed by atoms with Crippen molar-refractivity contribution in [3.63, 3.8) is 0 Å². The molecule has 0 bridgehead atoms. The van der Waals surface area contributed by atoms with Gasteiger partial charge in [-0.05, 0) is 43.4 Å². The van der Waals surface area contributed by atoms with Gasteiger partial charge in [0.25, 0.3) is 5.91 Å². The fourth-order valence-electron chi connectivity index (χ4n) is 3.79. The van der Waals surface area contributed by atoms with Gasteiger partial charge in [0, 0.05) is 57.3 Å². The van der Waals surface area contributed by atoms with Crippen LogP contribution < -0.4 is 5.32 Å². The first-order chi connectivity index (χ1) is 13.3. The summed E-state index contributed by atoms with van der Waals surface area (Å²) in [4.78, 5) is 19.1. The number of rotatable bonds is 6. The Hall–Kier alpha value is -2.41. The van der Waals surface area contributed by atoms with E-state index >= 15 is 0 Å². The van der Waals surface area contributed by atoms with Gasteiger partial charge < -0.3 is 15.0 Å². The predicted octanol–water partition coefficient (Wildman–Crippen LogP) is 2.28. The minimum atomic E-state index is 0.0794. The van der Waals surface area contributed by atoms with Crippen molar-refractivity contribution in [2.75, 3.05) is 38.2 Å². The summed E-state index contributed by atoms with van der Waals surface area (Å²) in [5, 5.41) is 7.61. The summed E-state index contributed by atoms with van der Waals surface area (Å²) in [6.07, 6.45) is 8.63. The Kier molecular flexibility index (Phi) is 5.67. The zero-order valence-corrected chi connectivity index (χ0v) is 15.6. The van der Waals surface area contributed by atoms with Crippen LogP contribution in [-0.2, 0) is 11.3 Å². The lowest BCUT2D eigenvalue weighted by Gasteiger charge is -2.32. The van der Waals surface area contributed by atoms with Crippen LogP contribution in [0.3, 0.4) is 0 Å². The predicted molar refractivity (Wildman–Crippen MR) is 103 cm³/mol. The summed E-state index contributed by atoms with van der Waals surface area (Å²) in [6.45, 7) is 5.07. The minimum Gasteiger partial charge on any atom is -0.381 e. The number of nitrogens with one attached hydrogen (secondary N) is 1. The second-order valence-electron chi connectivity index (χ2n) is 7.51. The molecule has 0 spiro atoms. The second-order valence-corrected chi connectivity index (χ2v) is 7.51. The first-order valence-corrected chi connectivity index (χ1v) is 9.82. The number of pyridine rings is 1. The van der Waals surface area contributed by atoms with Crippen molar-refractivity contribution in [2.24, 2.45) is 11.8 Å². The van der Waals surface area contributed by atoms with Crippen molar-refractivity contribution in [1.29, 1.82) is 0 Å². The number of aromatic nitrogens is 3. The Morgan fingerprint density at radius 1 is 1.22 bits per heavy atom. The van der Waals surface area contributed by atoms with Gasteiger partial charge in [0.1, 0.15) is 5.82 Å². The number of hydrogen-bond acceptors (Lipinski definition) is 5. The molecule has 0 radical (unpaired) electrons. The Labute approximate surface area is 159 Å². The number of carbonyl (C=O) groups is 1. The van der Waals surface area contributed by atoms with Crippen LogP contribution in [0, 0.1) is 11.8 Å². The van der Waals surface area contributed by atoms with Crippen LogP contribution in [0.1, 0.15) is 29.6 Å². The number of nitrogens with zero attached hydrogens (tertiary/aromatic N) is 4. The molecule has 2 aromatic heterocycles. The van der Waals surface area contributed by atoms with E-state index in [1.807, 2.05) is 40.2 Å². The fraction of sp³-hybridized carbons (Fsp3) is 0.550. The minimum absolute atomic E-state index is 0.0794. The molecule has 2 fully saturated rings. The fourth-order valence-corrected chi connectivity index (χ4v) is 3.79. The summed E-state index contributed by atoms with van der Waals surface area (Å²) < 4.78 is 7.37. The maximum atomic E-state index is 12.7. The van der Waals surface area contributed by atoms with Crippen LogP contribution in [0.4, 0.5) is 5.82 Å². The molecule has 2 aliphatic heterocycles. The molecular weight excluding hydrogens is 342 g/mol. The van der Waals surface area contributed by atoms with E-state index in [-0.39, 0.29) is 5.91 Å². The highest BCUT2D eigenvalue weighted by atomic mass is 16.5. The third-order valence-electron chi connectivity index (χ3n) is 5.51. The number of amides is 1. The Balaban J connectivity index is 1.25. The number of carbonyl (C=O) groups excluding carboxylic acids is 1. The van der Waals surface area contributed by atoms with Crippen LogP contribution in [0.25, 0.3) is 0 Å². The van der Waals surface area contributed by atoms with Gasteiger partial charge in [-0.15, -0.1) is 0 Å². The standard InChI is InChI=1S/C20H27N5O2/c26-20(24-9-4-16(5-10-24)14-25-8-1-7-23-25)18-2-3-19(22-13-18)21-12-17-6-11-27-15-17/h1-3,7-8,13,16-17H,4-6,9-12,14-15H2,(H,21,22)/t17-/m1/s1. The van der Waals surface area contributed by atoms with Gasteiger partial charge in [-0.25, -0.2) is 4.98 Å². The van der Waals surface area contributed by atoms with Gasteiger partial charge in [-0.2, -0.15) is 5.10 Å². The Morgan fingerprint density at radius 2 is 2.11 bits per heavy atom. The summed E-state index contributed by atoms with van der Waals surface area (Å²) in [7, 11) is 0. The molecule has 4 heterocycles. The molecule has 0 aliphatic carbocycles. The van der Waals surface area contributed by atoms with Crippen molar-refractivity contribution in [2.45, 2.75) is 25.8 Å². The van der Waals surface area contributed by atoms with Crippen LogP contribution in [0.5, 0.6) is 0 Å². The van der Waals surface area contributed by atoms with E-state index < -0.39 is 0 Å². The maximum Gasteiger partial charge on any atom is 0.255 e. The highest BCUT2D eigenvalue weighted by Crippen LogP contribution is 2.21. The van der Waals surface area contributed by atoms with Crippen molar-refractivity contribution >= 4 is 11.7 Å². The number of hydrogen-bond donors (Lipinski definition) is 1. The lowest BCUT2D eigenvalue weighted by atomic mass is 9.96. The molecule has 7 nitrogen and oxygen atoms in total. The van der Waals surface area contributed by atoms with Crippen molar-refractivity contribution in [3.8, 4) is 0 Å². The summed E-state index contributed by atoms with van der Waals surface area (Å²) in [5.74, 6) is 2.03. The molecule has 0 unspecified atom stereocenters. The Bertz CT molecular complexity index is 717. The number of piperidine rings is 1. The molecule has 2 aromatic rings. The van der Waals surface area contributed by atoms with Crippen LogP contribution in [0.2, 0.25) is 0 Å². The van der Waals surface area contributed by atoms with Crippen LogP contribution >= 0.6 is 0 Å². The van der Waals surface area contributed by atoms with Crippen molar-refractivity contribution in [3.05, 3.63) is 42.4 Å². The number of ether oxygens (including phenoxy) is 1. The first-order valence-electron chi connectivity index (χ1n) is 9.82. The largest absolute Gasteiger partial charge is 0.381 e. The average Bonchev–Trinajstić information content (AvgIpc) is 3.41. The third kappa shape index (κ3) is 4.66. The molecule has 0 aromatic carbocycles. The van der Waals surface area contributed by atoms with E-state index in [1.165, 1.54) is 0 Å². The quantitative estimate of drug-likeness (QED) is 0.846. The average molecular weight is 369 g/mol. The Morgan fingerprint density at radius 3 is 2.78 bits per heavy atom. The molecule has 2 aliphatic rings. The lowest BCUT2D eigenvalue weighted by Crippen LogP contribution is -2.39. The van der Waals surface area contributed by atoms with E-state index in [4.69, 9.17) is 4.74 Å². The molecule has 1 atom stereocenters. The van der Waals surface area contributed by atoms with Crippen LogP contribution in [0.15, 0.2) is 36.8 Å². The molecule has 7 heteroatoms. The molecule has 1 amide bonds. The summed E-state index contributed by atoms with van der Waals surface area (Å²) >= 11 is 0. The monoisotopic (exact) mass is 369 g/mol. The zero-order chi connectivity index (χ0) is 18.5. The molecular formula is C20H27N5O2. The highest BCUT2D eigenvalue weighted by Gasteiger charge is 2.24. The smallest absolute Gasteiger partial charge is 0.255 e. The molecule has 2 saturated heterocycles. The van der Waals surface area contributed by atoms with E-state index in [1.54, 1.807) is 6.20 Å². The first kappa shape index (κ1) is 18.0. The summed E-state index contributed by atoms with van der Waals surface area (Å²) in [5.41, 5.74) is 0.662. The molecule has 1 N–H and O–H groups in total. The van der Waals surface area contributed by atoms with E-state index in [2.05, 4.69) is 15.4 Å². The third-order valence-corrected chi connectivity index (χ3v) is 5.51.